The number of rotatable bonds is 5. The third-order valence-corrected chi connectivity index (χ3v) is 2.48. The van der Waals surface area contributed by atoms with E-state index < -0.39 is 6.10 Å². The van der Waals surface area contributed by atoms with Gasteiger partial charge in [-0.15, -0.1) is 0 Å². The van der Waals surface area contributed by atoms with E-state index in [-0.39, 0.29) is 19.1 Å². The molecule has 0 aliphatic rings. The Morgan fingerprint density at radius 2 is 2.29 bits per heavy atom. The third kappa shape index (κ3) is 4.24. The number of carbonyl (C=O) groups excluding carboxylic acids is 1. The van der Waals surface area contributed by atoms with Gasteiger partial charge in [-0.1, -0.05) is 17.7 Å². The molecule has 1 aromatic carbocycles. The van der Waals surface area contributed by atoms with Crippen LogP contribution in [0.4, 0.5) is 0 Å². The summed E-state index contributed by atoms with van der Waals surface area (Å²) in [4.78, 5) is 11.5. The van der Waals surface area contributed by atoms with Crippen LogP contribution in [0.5, 0.6) is 5.75 Å². The molecule has 0 fully saturated rings. The monoisotopic (exact) mass is 257 g/mol. The second kappa shape index (κ2) is 6.47. The van der Waals surface area contributed by atoms with E-state index >= 15 is 0 Å². The number of aliphatic hydroxyl groups is 1. The van der Waals surface area contributed by atoms with Gasteiger partial charge >= 0.3 is 0 Å². The topological polar surface area (TPSA) is 58.6 Å². The molecule has 5 heteroatoms. The molecule has 0 saturated heterocycles. The Labute approximate surface area is 106 Å². The van der Waals surface area contributed by atoms with E-state index in [9.17, 15) is 4.79 Å². The number of hydrogen-bond donors (Lipinski definition) is 2. The summed E-state index contributed by atoms with van der Waals surface area (Å²) >= 11 is 5.95. The van der Waals surface area contributed by atoms with Crippen molar-refractivity contribution in [3.8, 4) is 5.75 Å². The van der Waals surface area contributed by atoms with Gasteiger partial charge in [-0.3, -0.25) is 4.79 Å². The van der Waals surface area contributed by atoms with Crippen molar-refractivity contribution in [1.29, 1.82) is 0 Å². The van der Waals surface area contributed by atoms with Gasteiger partial charge in [0, 0.05) is 6.54 Å². The first kappa shape index (κ1) is 13.8. The maximum Gasteiger partial charge on any atom is 0.260 e. The van der Waals surface area contributed by atoms with Gasteiger partial charge in [0.2, 0.25) is 0 Å². The van der Waals surface area contributed by atoms with E-state index in [1.165, 1.54) is 0 Å². The largest absolute Gasteiger partial charge is 0.479 e. The number of ether oxygens (including phenoxy) is 1. The normalized spacial score (nSPS) is 12.0. The van der Waals surface area contributed by atoms with Crippen molar-refractivity contribution in [3.05, 3.63) is 28.8 Å². The molecule has 0 heterocycles. The summed E-state index contributed by atoms with van der Waals surface area (Å²) in [5.41, 5.74) is 1.01. The van der Waals surface area contributed by atoms with Crippen molar-refractivity contribution in [2.75, 3.05) is 13.2 Å². The fourth-order valence-corrected chi connectivity index (χ4v) is 1.43. The van der Waals surface area contributed by atoms with Crippen LogP contribution in [0, 0.1) is 6.92 Å². The van der Waals surface area contributed by atoms with E-state index in [4.69, 9.17) is 21.4 Å². The van der Waals surface area contributed by atoms with Gasteiger partial charge in [0.05, 0.1) is 11.6 Å². The molecule has 0 aliphatic heterocycles. The molecule has 0 aromatic heterocycles. The smallest absolute Gasteiger partial charge is 0.260 e. The van der Waals surface area contributed by atoms with Gasteiger partial charge in [-0.25, -0.2) is 0 Å². The summed E-state index contributed by atoms with van der Waals surface area (Å²) in [6.07, 6.45) is -0.652. The molecule has 1 amide bonds. The summed E-state index contributed by atoms with van der Waals surface area (Å²) in [7, 11) is 0. The molecule has 0 bridgehead atoms. The van der Waals surface area contributed by atoms with Gasteiger partial charge in [-0.2, -0.15) is 0 Å². The van der Waals surface area contributed by atoms with Gasteiger partial charge in [0.15, 0.2) is 6.10 Å². The number of amides is 1. The minimum Gasteiger partial charge on any atom is -0.479 e. The van der Waals surface area contributed by atoms with E-state index in [1.54, 1.807) is 19.1 Å². The Hall–Kier alpha value is -1.26. The Kier molecular flexibility index (Phi) is 5.25. The molecule has 0 aliphatic carbocycles. The maximum atomic E-state index is 11.5. The van der Waals surface area contributed by atoms with Gasteiger partial charge in [0.25, 0.3) is 5.91 Å². The molecular weight excluding hydrogens is 242 g/mol. The lowest BCUT2D eigenvalue weighted by molar-refractivity contribution is -0.127. The second-order valence-corrected chi connectivity index (χ2v) is 4.12. The lowest BCUT2D eigenvalue weighted by Crippen LogP contribution is -2.37. The van der Waals surface area contributed by atoms with E-state index in [0.29, 0.717) is 10.8 Å². The van der Waals surface area contributed by atoms with Crippen molar-refractivity contribution < 1.29 is 14.6 Å². The minimum atomic E-state index is -0.652. The number of benzene rings is 1. The Balaban J connectivity index is 2.64. The Morgan fingerprint density at radius 3 is 2.94 bits per heavy atom. The Bertz CT molecular complexity index is 395. The fourth-order valence-electron chi connectivity index (χ4n) is 1.27. The quantitative estimate of drug-likeness (QED) is 0.841. The van der Waals surface area contributed by atoms with Crippen LogP contribution in [0.15, 0.2) is 18.2 Å². The highest BCUT2D eigenvalue weighted by Gasteiger charge is 2.15. The summed E-state index contributed by atoms with van der Waals surface area (Å²) in [6.45, 7) is 3.67. The fraction of sp³-hybridized carbons (Fsp3) is 0.417. The predicted octanol–water partition coefficient (Wildman–Crippen LogP) is 1.52. The first-order chi connectivity index (χ1) is 8.04. The van der Waals surface area contributed by atoms with E-state index in [1.807, 2.05) is 13.0 Å². The molecule has 2 N–H and O–H groups in total. The molecule has 0 radical (unpaired) electrons. The molecule has 1 aromatic rings. The van der Waals surface area contributed by atoms with E-state index in [2.05, 4.69) is 5.32 Å². The zero-order valence-corrected chi connectivity index (χ0v) is 10.6. The second-order valence-electron chi connectivity index (χ2n) is 3.71. The zero-order chi connectivity index (χ0) is 12.8. The lowest BCUT2D eigenvalue weighted by atomic mass is 10.2. The standard InChI is InChI=1S/C12H16ClNO3/c1-8-3-4-10(13)11(7-8)17-9(2)12(16)14-5-6-15/h3-4,7,9,15H,5-6H2,1-2H3,(H,14,16). The summed E-state index contributed by atoms with van der Waals surface area (Å²) in [6, 6.07) is 5.37. The average Bonchev–Trinajstić information content (AvgIpc) is 2.30. The van der Waals surface area contributed by atoms with Crippen molar-refractivity contribution in [1.82, 2.24) is 5.32 Å². The van der Waals surface area contributed by atoms with Crippen molar-refractivity contribution in [2.24, 2.45) is 0 Å². The molecule has 0 saturated carbocycles. The number of nitrogens with one attached hydrogen (secondary N) is 1. The predicted molar refractivity (Wildman–Crippen MR) is 66.4 cm³/mol. The van der Waals surface area contributed by atoms with Gasteiger partial charge in [0.1, 0.15) is 5.75 Å². The summed E-state index contributed by atoms with van der Waals surface area (Å²) in [5, 5.41) is 11.6. The van der Waals surface area contributed by atoms with Crippen molar-refractivity contribution in [2.45, 2.75) is 20.0 Å². The van der Waals surface area contributed by atoms with Crippen LogP contribution in [0.1, 0.15) is 12.5 Å². The molecule has 17 heavy (non-hydrogen) atoms. The lowest BCUT2D eigenvalue weighted by Gasteiger charge is -2.15. The molecule has 1 unspecified atom stereocenters. The van der Waals surface area contributed by atoms with Crippen LogP contribution in [0.3, 0.4) is 0 Å². The van der Waals surface area contributed by atoms with Crippen molar-refractivity contribution in [3.63, 3.8) is 0 Å². The highest BCUT2D eigenvalue weighted by atomic mass is 35.5. The number of carbonyl (C=O) groups is 1. The van der Waals surface area contributed by atoms with Crippen LogP contribution in [-0.2, 0) is 4.79 Å². The molecule has 4 nitrogen and oxygen atoms in total. The molecular formula is C12H16ClNO3. The minimum absolute atomic E-state index is 0.0936. The highest BCUT2D eigenvalue weighted by molar-refractivity contribution is 6.32. The van der Waals surface area contributed by atoms with Gasteiger partial charge < -0.3 is 15.2 Å². The first-order valence-electron chi connectivity index (χ1n) is 5.36. The van der Waals surface area contributed by atoms with Crippen LogP contribution < -0.4 is 10.1 Å². The Morgan fingerprint density at radius 1 is 1.59 bits per heavy atom. The molecule has 1 rings (SSSR count). The first-order valence-corrected chi connectivity index (χ1v) is 5.73. The highest BCUT2D eigenvalue weighted by Crippen LogP contribution is 2.26. The van der Waals surface area contributed by atoms with Gasteiger partial charge in [-0.05, 0) is 31.5 Å². The maximum absolute atomic E-state index is 11.5. The van der Waals surface area contributed by atoms with Crippen LogP contribution in [0.2, 0.25) is 5.02 Å². The third-order valence-electron chi connectivity index (χ3n) is 2.17. The number of aliphatic hydroxyl groups excluding tert-OH is 1. The molecule has 94 valence electrons. The molecule has 0 spiro atoms. The number of hydrogen-bond acceptors (Lipinski definition) is 3. The zero-order valence-electron chi connectivity index (χ0n) is 9.87. The summed E-state index contributed by atoms with van der Waals surface area (Å²) in [5.74, 6) is 0.204. The van der Waals surface area contributed by atoms with Crippen LogP contribution in [-0.4, -0.2) is 30.3 Å². The molecule has 1 atom stereocenters. The summed E-state index contributed by atoms with van der Waals surface area (Å²) < 4.78 is 5.46. The SMILES string of the molecule is Cc1ccc(Cl)c(OC(C)C(=O)NCCO)c1. The average molecular weight is 258 g/mol. The van der Waals surface area contributed by atoms with E-state index in [0.717, 1.165) is 5.56 Å². The van der Waals surface area contributed by atoms with Crippen LogP contribution in [0.25, 0.3) is 0 Å². The van der Waals surface area contributed by atoms with Crippen molar-refractivity contribution >= 4 is 17.5 Å². The van der Waals surface area contributed by atoms with Crippen LogP contribution >= 0.6 is 11.6 Å². The number of halogens is 1. The number of aryl methyl sites for hydroxylation is 1.